The van der Waals surface area contributed by atoms with Crippen molar-refractivity contribution in [3.8, 4) is 5.40 Å². The maximum absolute atomic E-state index is 14.4. The molecule has 0 radical (unpaired) electrons. The number of halogens is 1. The number of amides is 1. The van der Waals surface area contributed by atoms with Gasteiger partial charge in [0.2, 0.25) is 0 Å². The molecule has 1 saturated carbocycles. The van der Waals surface area contributed by atoms with E-state index in [9.17, 15) is 14.0 Å². The topological polar surface area (TPSA) is 79.2 Å². The summed E-state index contributed by atoms with van der Waals surface area (Å²) in [4.78, 5) is 25.9. The highest BCUT2D eigenvalue weighted by Crippen LogP contribution is 2.43. The molecule has 2 aromatic rings. The first-order valence-electron chi connectivity index (χ1n) is 9.35. The normalized spacial score (nSPS) is 14.8. The van der Waals surface area contributed by atoms with Crippen LogP contribution >= 0.6 is 11.8 Å². The summed E-state index contributed by atoms with van der Waals surface area (Å²) in [7, 11) is 0. The Morgan fingerprint density at radius 2 is 1.97 bits per heavy atom. The average molecular weight is 412 g/mol. The lowest BCUT2D eigenvalue weighted by atomic mass is 9.78. The second kappa shape index (κ2) is 9.10. The van der Waals surface area contributed by atoms with Gasteiger partial charge in [0, 0.05) is 16.1 Å². The van der Waals surface area contributed by atoms with Gasteiger partial charge in [-0.05, 0) is 61.4 Å². The quantitative estimate of drug-likeness (QED) is 0.423. The fraction of sp³-hybridized carbons (Fsp3) is 0.318. The summed E-state index contributed by atoms with van der Waals surface area (Å²) in [5.74, 6) is -1.46. The lowest BCUT2D eigenvalue weighted by molar-refractivity contribution is -0.153. The molecule has 2 aromatic carbocycles. The maximum Gasteiger partial charge on any atom is 0.317 e. The first-order chi connectivity index (χ1) is 14.0. The van der Waals surface area contributed by atoms with E-state index in [4.69, 9.17) is 10.00 Å². The van der Waals surface area contributed by atoms with Crippen LogP contribution in [0.5, 0.6) is 0 Å². The smallest absolute Gasteiger partial charge is 0.317 e. The number of aryl methyl sites for hydroxylation is 1. The average Bonchev–Trinajstić information content (AvgIpc) is 3.20. The highest BCUT2D eigenvalue weighted by atomic mass is 32.2. The van der Waals surface area contributed by atoms with E-state index in [1.165, 1.54) is 6.07 Å². The summed E-state index contributed by atoms with van der Waals surface area (Å²) in [6.45, 7) is 1.37. The van der Waals surface area contributed by atoms with Gasteiger partial charge in [0.15, 0.2) is 6.61 Å². The van der Waals surface area contributed by atoms with Crippen molar-refractivity contribution in [3.63, 3.8) is 0 Å². The molecular weight excluding hydrogens is 391 g/mol. The molecule has 0 heterocycles. The van der Waals surface area contributed by atoms with Crippen molar-refractivity contribution in [1.82, 2.24) is 0 Å². The van der Waals surface area contributed by atoms with Crippen molar-refractivity contribution in [3.05, 3.63) is 59.4 Å². The number of thioether (sulfide) groups is 1. The molecule has 7 heteroatoms. The van der Waals surface area contributed by atoms with Crippen LogP contribution in [0.4, 0.5) is 10.1 Å². The molecule has 150 valence electrons. The predicted octanol–water partition coefficient (Wildman–Crippen LogP) is 4.70. The Hall–Kier alpha value is -2.85. The number of carbonyl (C=O) groups excluding carboxylic acids is 2. The van der Waals surface area contributed by atoms with Crippen molar-refractivity contribution < 1.29 is 18.7 Å². The molecule has 1 N–H and O–H groups in total. The van der Waals surface area contributed by atoms with E-state index in [1.807, 2.05) is 12.3 Å². The summed E-state index contributed by atoms with van der Waals surface area (Å²) >= 11 is 1.04. The molecule has 1 amide bonds. The number of ether oxygens (including phenoxy) is 1. The maximum atomic E-state index is 14.4. The van der Waals surface area contributed by atoms with Gasteiger partial charge >= 0.3 is 5.97 Å². The number of thiocyanates is 1. The van der Waals surface area contributed by atoms with Gasteiger partial charge in [-0.25, -0.2) is 4.39 Å². The number of hydrogen-bond donors (Lipinski definition) is 1. The highest BCUT2D eigenvalue weighted by Gasteiger charge is 2.45. The van der Waals surface area contributed by atoms with Crippen molar-refractivity contribution in [2.45, 2.75) is 42.9 Å². The molecule has 1 aliphatic carbocycles. The van der Waals surface area contributed by atoms with Crippen molar-refractivity contribution in [2.24, 2.45) is 0 Å². The van der Waals surface area contributed by atoms with E-state index in [-0.39, 0.29) is 0 Å². The zero-order chi connectivity index (χ0) is 20.9. The molecule has 3 rings (SSSR count). The highest BCUT2D eigenvalue weighted by molar-refractivity contribution is 8.03. The first-order valence-corrected chi connectivity index (χ1v) is 10.2. The number of nitrogens with zero attached hydrogens (tertiary/aromatic N) is 1. The minimum absolute atomic E-state index is 0.337. The zero-order valence-corrected chi connectivity index (χ0v) is 16.9. The lowest BCUT2D eigenvalue weighted by Gasteiger charge is -2.27. The number of esters is 1. The Bertz CT molecular complexity index is 965. The second-order valence-corrected chi connectivity index (χ2v) is 7.92. The minimum atomic E-state index is -1.03. The third kappa shape index (κ3) is 4.60. The number of carbonyl (C=O) groups is 2. The fourth-order valence-corrected chi connectivity index (χ4v) is 4.24. The number of hydrogen-bond acceptors (Lipinski definition) is 5. The number of nitrogens with one attached hydrogen (secondary N) is 1. The van der Waals surface area contributed by atoms with Crippen LogP contribution in [0.3, 0.4) is 0 Å². The van der Waals surface area contributed by atoms with Crippen LogP contribution in [0, 0.1) is 23.4 Å². The third-order valence-electron chi connectivity index (χ3n) is 5.21. The van der Waals surface area contributed by atoms with Gasteiger partial charge in [0.1, 0.15) is 11.2 Å². The molecular formula is C22H21FN2O3S. The monoisotopic (exact) mass is 412 g/mol. The molecule has 0 atom stereocenters. The van der Waals surface area contributed by atoms with Gasteiger partial charge in [-0.1, -0.05) is 31.0 Å². The largest absolute Gasteiger partial charge is 0.455 e. The van der Waals surface area contributed by atoms with Crippen LogP contribution in [-0.4, -0.2) is 18.5 Å². The SMILES string of the molecule is Cc1cc(SC#N)ccc1NC(=O)COC(=O)C1(c2ccccc2F)CCCC1. The summed E-state index contributed by atoms with van der Waals surface area (Å²) < 4.78 is 19.7. The molecule has 1 fully saturated rings. The Balaban J connectivity index is 1.66. The van der Waals surface area contributed by atoms with E-state index < -0.39 is 29.7 Å². The Kier molecular flexibility index (Phi) is 6.55. The molecule has 0 bridgehead atoms. The fourth-order valence-electron chi connectivity index (χ4n) is 3.76. The Morgan fingerprint density at radius 3 is 2.62 bits per heavy atom. The number of benzene rings is 2. The van der Waals surface area contributed by atoms with Crippen LogP contribution in [0.1, 0.15) is 36.8 Å². The predicted molar refractivity (Wildman–Crippen MR) is 109 cm³/mol. The molecule has 29 heavy (non-hydrogen) atoms. The third-order valence-corrected chi connectivity index (χ3v) is 5.79. The molecule has 5 nitrogen and oxygen atoms in total. The molecule has 0 unspecified atom stereocenters. The first kappa shape index (κ1) is 20.9. The second-order valence-electron chi connectivity index (χ2n) is 7.06. The summed E-state index contributed by atoms with van der Waals surface area (Å²) in [6, 6.07) is 11.5. The van der Waals surface area contributed by atoms with E-state index >= 15 is 0 Å². The molecule has 0 saturated heterocycles. The molecule has 0 aliphatic heterocycles. The molecule has 1 aliphatic rings. The van der Waals surface area contributed by atoms with Crippen LogP contribution in [0.15, 0.2) is 47.4 Å². The van der Waals surface area contributed by atoms with Crippen molar-refractivity contribution in [1.29, 1.82) is 5.26 Å². The minimum Gasteiger partial charge on any atom is -0.455 e. The van der Waals surface area contributed by atoms with Gasteiger partial charge < -0.3 is 10.1 Å². The van der Waals surface area contributed by atoms with Gasteiger partial charge in [0.05, 0.1) is 5.41 Å². The Morgan fingerprint density at radius 1 is 1.24 bits per heavy atom. The van der Waals surface area contributed by atoms with Crippen molar-refractivity contribution >= 4 is 29.3 Å². The van der Waals surface area contributed by atoms with E-state index in [2.05, 4.69) is 5.32 Å². The van der Waals surface area contributed by atoms with Crippen LogP contribution in [0.2, 0.25) is 0 Å². The standard InChI is InChI=1S/C22H21FN2O3S/c1-15-12-16(29-14-24)8-9-19(15)25-20(26)13-28-21(27)22(10-4-5-11-22)17-6-2-3-7-18(17)23/h2-3,6-9,12H,4-5,10-11,13H2,1H3,(H,25,26). The molecule has 0 aromatic heterocycles. The number of rotatable bonds is 6. The summed E-state index contributed by atoms with van der Waals surface area (Å²) in [5.41, 5.74) is 0.684. The van der Waals surface area contributed by atoms with Gasteiger partial charge in [-0.15, -0.1) is 0 Å². The van der Waals surface area contributed by atoms with Gasteiger partial charge in [-0.3, -0.25) is 9.59 Å². The van der Waals surface area contributed by atoms with E-state index in [1.54, 1.807) is 36.4 Å². The van der Waals surface area contributed by atoms with E-state index in [0.717, 1.165) is 35.1 Å². The van der Waals surface area contributed by atoms with Crippen LogP contribution < -0.4 is 5.32 Å². The van der Waals surface area contributed by atoms with Gasteiger partial charge in [-0.2, -0.15) is 5.26 Å². The van der Waals surface area contributed by atoms with E-state index in [0.29, 0.717) is 24.1 Å². The van der Waals surface area contributed by atoms with Gasteiger partial charge in [0.25, 0.3) is 5.91 Å². The lowest BCUT2D eigenvalue weighted by Crippen LogP contribution is -2.37. The molecule has 0 spiro atoms. The Labute approximate surface area is 173 Å². The van der Waals surface area contributed by atoms with Crippen LogP contribution in [0.25, 0.3) is 0 Å². The zero-order valence-electron chi connectivity index (χ0n) is 16.0. The van der Waals surface area contributed by atoms with Crippen molar-refractivity contribution in [2.75, 3.05) is 11.9 Å². The van der Waals surface area contributed by atoms with Crippen LogP contribution in [-0.2, 0) is 19.7 Å². The summed E-state index contributed by atoms with van der Waals surface area (Å²) in [6.07, 6.45) is 2.63. The summed E-state index contributed by atoms with van der Waals surface area (Å²) in [5, 5.41) is 13.4. The number of anilines is 1. The number of nitriles is 1.